The molecule has 0 radical (unpaired) electrons. The van der Waals surface area contributed by atoms with Gasteiger partial charge in [-0.15, -0.1) is 0 Å². The van der Waals surface area contributed by atoms with Crippen LogP contribution in [0, 0.1) is 0 Å². The molecular formula is C10H14O. The lowest BCUT2D eigenvalue weighted by Crippen LogP contribution is -2.30. The molecule has 0 N–H and O–H groups in total. The number of rotatable bonds is 0. The Morgan fingerprint density at radius 3 is 2.00 bits per heavy atom. The van der Waals surface area contributed by atoms with E-state index in [2.05, 4.69) is 12.2 Å². The van der Waals surface area contributed by atoms with E-state index in [0.29, 0.717) is 11.2 Å². The molecule has 2 atom stereocenters. The minimum atomic E-state index is 0.333. The average Bonchev–Trinajstić information content (AvgIpc) is 2.72. The van der Waals surface area contributed by atoms with Crippen molar-refractivity contribution in [2.75, 3.05) is 0 Å². The zero-order chi connectivity index (χ0) is 7.36. The summed E-state index contributed by atoms with van der Waals surface area (Å²) in [5.41, 5.74) is 0.667. The Morgan fingerprint density at radius 1 is 0.909 bits per heavy atom. The van der Waals surface area contributed by atoms with E-state index in [1.165, 1.54) is 38.5 Å². The minimum Gasteiger partial charge on any atom is -0.362 e. The Balaban J connectivity index is 1.96. The highest BCUT2D eigenvalue weighted by atomic mass is 16.6. The normalized spacial score (nSPS) is 53.1. The van der Waals surface area contributed by atoms with E-state index in [-0.39, 0.29) is 0 Å². The summed E-state index contributed by atoms with van der Waals surface area (Å²) in [4.78, 5) is 0. The highest BCUT2D eigenvalue weighted by Crippen LogP contribution is 2.63. The highest BCUT2D eigenvalue weighted by molar-refractivity contribution is 5.25. The lowest BCUT2D eigenvalue weighted by Gasteiger charge is -2.25. The van der Waals surface area contributed by atoms with E-state index in [1.54, 1.807) is 0 Å². The van der Waals surface area contributed by atoms with Crippen molar-refractivity contribution in [2.24, 2.45) is 0 Å². The van der Waals surface area contributed by atoms with Crippen LogP contribution in [0.2, 0.25) is 0 Å². The lowest BCUT2D eigenvalue weighted by atomic mass is 9.73. The maximum atomic E-state index is 5.95. The molecule has 1 heterocycles. The predicted molar refractivity (Wildman–Crippen MR) is 43.4 cm³/mol. The van der Waals surface area contributed by atoms with Gasteiger partial charge in [0, 0.05) is 0 Å². The summed E-state index contributed by atoms with van der Waals surface area (Å²) in [6.45, 7) is 0. The second-order valence-electron chi connectivity index (χ2n) is 4.18. The SMILES string of the molecule is C1=CCC23CCCCC2(C1)O3. The van der Waals surface area contributed by atoms with Crippen molar-refractivity contribution >= 4 is 0 Å². The third-order valence-corrected chi connectivity index (χ3v) is 3.65. The van der Waals surface area contributed by atoms with Gasteiger partial charge in [0.15, 0.2) is 0 Å². The van der Waals surface area contributed by atoms with E-state index in [4.69, 9.17) is 4.74 Å². The first-order valence-corrected chi connectivity index (χ1v) is 4.72. The first-order chi connectivity index (χ1) is 5.37. The van der Waals surface area contributed by atoms with Gasteiger partial charge in [0.25, 0.3) is 0 Å². The molecule has 11 heavy (non-hydrogen) atoms. The smallest absolute Gasteiger partial charge is 0.102 e. The quantitative estimate of drug-likeness (QED) is 0.381. The average molecular weight is 150 g/mol. The molecule has 0 aromatic carbocycles. The molecule has 3 aliphatic rings. The second kappa shape index (κ2) is 1.71. The van der Waals surface area contributed by atoms with Gasteiger partial charge in [0.1, 0.15) is 11.2 Å². The zero-order valence-corrected chi connectivity index (χ0v) is 6.81. The van der Waals surface area contributed by atoms with Crippen LogP contribution in [0.4, 0.5) is 0 Å². The predicted octanol–water partition coefficient (Wildman–Crippen LogP) is 2.42. The fourth-order valence-corrected chi connectivity index (χ4v) is 2.93. The van der Waals surface area contributed by atoms with Gasteiger partial charge < -0.3 is 4.74 Å². The molecule has 0 bridgehead atoms. The fraction of sp³-hybridized carbons (Fsp3) is 0.800. The van der Waals surface area contributed by atoms with Crippen LogP contribution >= 0.6 is 0 Å². The van der Waals surface area contributed by atoms with Crippen molar-refractivity contribution < 1.29 is 4.74 Å². The van der Waals surface area contributed by atoms with Gasteiger partial charge in [-0.2, -0.15) is 0 Å². The molecule has 1 heteroatoms. The van der Waals surface area contributed by atoms with Crippen molar-refractivity contribution in [2.45, 2.75) is 49.7 Å². The molecule has 1 saturated carbocycles. The standard InChI is InChI=1S/C10H14O/c1-2-6-10-8-4-3-7-9(10,5-1)11-10/h1-2H,3-8H2. The Labute approximate surface area is 67.4 Å². The maximum Gasteiger partial charge on any atom is 0.102 e. The summed E-state index contributed by atoms with van der Waals surface area (Å²) in [5.74, 6) is 0. The third-order valence-electron chi connectivity index (χ3n) is 3.65. The van der Waals surface area contributed by atoms with Gasteiger partial charge in [-0.3, -0.25) is 0 Å². The molecule has 0 aromatic rings. The molecule has 1 aliphatic heterocycles. The Morgan fingerprint density at radius 2 is 1.45 bits per heavy atom. The maximum absolute atomic E-state index is 5.95. The van der Waals surface area contributed by atoms with E-state index in [9.17, 15) is 0 Å². The molecular weight excluding hydrogens is 136 g/mol. The van der Waals surface area contributed by atoms with E-state index < -0.39 is 0 Å². The summed E-state index contributed by atoms with van der Waals surface area (Å²) in [6, 6.07) is 0. The summed E-state index contributed by atoms with van der Waals surface area (Å²) >= 11 is 0. The van der Waals surface area contributed by atoms with Crippen LogP contribution in [0.5, 0.6) is 0 Å². The largest absolute Gasteiger partial charge is 0.362 e. The molecule has 0 spiro atoms. The summed E-state index contributed by atoms with van der Waals surface area (Å²) in [5, 5.41) is 0. The van der Waals surface area contributed by atoms with Crippen LogP contribution in [0.3, 0.4) is 0 Å². The second-order valence-corrected chi connectivity index (χ2v) is 4.18. The molecule has 2 unspecified atom stereocenters. The molecule has 0 aromatic heterocycles. The number of epoxide rings is 1. The molecule has 60 valence electrons. The van der Waals surface area contributed by atoms with Crippen molar-refractivity contribution in [3.05, 3.63) is 12.2 Å². The van der Waals surface area contributed by atoms with Crippen molar-refractivity contribution in [1.82, 2.24) is 0 Å². The van der Waals surface area contributed by atoms with Gasteiger partial charge in [-0.1, -0.05) is 25.0 Å². The Bertz CT molecular complexity index is 199. The topological polar surface area (TPSA) is 12.5 Å². The van der Waals surface area contributed by atoms with Crippen LogP contribution < -0.4 is 0 Å². The van der Waals surface area contributed by atoms with E-state index in [0.717, 1.165) is 0 Å². The van der Waals surface area contributed by atoms with Crippen LogP contribution in [-0.2, 0) is 4.74 Å². The highest BCUT2D eigenvalue weighted by Gasteiger charge is 2.69. The number of hydrogen-bond acceptors (Lipinski definition) is 1. The van der Waals surface area contributed by atoms with Gasteiger partial charge in [-0.25, -0.2) is 0 Å². The van der Waals surface area contributed by atoms with Crippen molar-refractivity contribution in [1.29, 1.82) is 0 Å². The molecule has 3 rings (SSSR count). The molecule has 1 saturated heterocycles. The molecule has 2 aliphatic carbocycles. The van der Waals surface area contributed by atoms with E-state index >= 15 is 0 Å². The van der Waals surface area contributed by atoms with Crippen LogP contribution in [0.15, 0.2) is 12.2 Å². The first kappa shape index (κ1) is 6.24. The van der Waals surface area contributed by atoms with Crippen LogP contribution in [0.25, 0.3) is 0 Å². The van der Waals surface area contributed by atoms with Gasteiger partial charge >= 0.3 is 0 Å². The first-order valence-electron chi connectivity index (χ1n) is 4.72. The number of hydrogen-bond donors (Lipinski definition) is 0. The monoisotopic (exact) mass is 150 g/mol. The Kier molecular flexibility index (Phi) is 0.972. The summed E-state index contributed by atoms with van der Waals surface area (Å²) < 4.78 is 5.95. The third kappa shape index (κ3) is 0.610. The van der Waals surface area contributed by atoms with Crippen LogP contribution in [0.1, 0.15) is 38.5 Å². The molecule has 1 nitrogen and oxygen atoms in total. The van der Waals surface area contributed by atoms with Gasteiger partial charge in [0.2, 0.25) is 0 Å². The zero-order valence-electron chi connectivity index (χ0n) is 6.81. The van der Waals surface area contributed by atoms with Gasteiger partial charge in [0.05, 0.1) is 0 Å². The fourth-order valence-electron chi connectivity index (χ4n) is 2.93. The summed E-state index contributed by atoms with van der Waals surface area (Å²) in [7, 11) is 0. The minimum absolute atomic E-state index is 0.333. The van der Waals surface area contributed by atoms with Crippen molar-refractivity contribution in [3.63, 3.8) is 0 Å². The van der Waals surface area contributed by atoms with E-state index in [1.807, 2.05) is 0 Å². The Hall–Kier alpha value is -0.300. The van der Waals surface area contributed by atoms with Crippen LogP contribution in [-0.4, -0.2) is 11.2 Å². The lowest BCUT2D eigenvalue weighted by molar-refractivity contribution is 0.267. The summed E-state index contributed by atoms with van der Waals surface area (Å²) in [6.07, 6.45) is 12.4. The van der Waals surface area contributed by atoms with Crippen molar-refractivity contribution in [3.8, 4) is 0 Å². The molecule has 0 amide bonds. The molecule has 2 fully saturated rings. The number of ether oxygens (including phenoxy) is 1. The van der Waals surface area contributed by atoms with Gasteiger partial charge in [-0.05, 0) is 25.7 Å².